The zero-order chi connectivity index (χ0) is 19.9. The molecule has 2 saturated heterocycles. The van der Waals surface area contributed by atoms with Crippen molar-refractivity contribution in [3.05, 3.63) is 11.6 Å². The second-order valence-corrected chi connectivity index (χ2v) is 11.1. The van der Waals surface area contributed by atoms with Crippen LogP contribution in [0.4, 0.5) is 0 Å². The average molecular weight is 514 g/mol. The molecule has 29 heavy (non-hydrogen) atoms. The Bertz CT molecular complexity index is 752. The summed E-state index contributed by atoms with van der Waals surface area (Å²) in [6.45, 7) is 4.96. The fourth-order valence-electron chi connectivity index (χ4n) is 8.11. The zero-order valence-corrected chi connectivity index (χ0v) is 19.4. The van der Waals surface area contributed by atoms with Crippen LogP contribution in [0.25, 0.3) is 0 Å². The van der Waals surface area contributed by atoms with Gasteiger partial charge >= 0.3 is 0 Å². The number of rotatable bonds is 1. The largest absolute Gasteiger partial charge is 0.347 e. The quantitative estimate of drug-likeness (QED) is 0.301. The van der Waals surface area contributed by atoms with Gasteiger partial charge in [0, 0.05) is 40.4 Å². The van der Waals surface area contributed by atoms with E-state index < -0.39 is 11.6 Å². The van der Waals surface area contributed by atoms with Gasteiger partial charge in [0.25, 0.3) is 0 Å². The molecule has 0 aromatic rings. The van der Waals surface area contributed by atoms with Crippen molar-refractivity contribution in [3.63, 3.8) is 0 Å². The van der Waals surface area contributed by atoms with E-state index in [0.29, 0.717) is 50.5 Å². The van der Waals surface area contributed by atoms with Gasteiger partial charge in [0.05, 0.1) is 26.4 Å². The molecule has 6 rings (SSSR count). The van der Waals surface area contributed by atoms with E-state index >= 15 is 0 Å². The van der Waals surface area contributed by atoms with Gasteiger partial charge < -0.3 is 18.9 Å². The fraction of sp³-hybridized carbons (Fsp3) is 0.870. The molecular formula is C23H31IO5. The Morgan fingerprint density at radius 3 is 2.48 bits per heavy atom. The summed E-state index contributed by atoms with van der Waals surface area (Å²) in [7, 11) is 0. The summed E-state index contributed by atoms with van der Waals surface area (Å²) < 4.78 is 25.4. The molecule has 0 N–H and O–H groups in total. The third-order valence-corrected chi connectivity index (χ3v) is 10.7. The van der Waals surface area contributed by atoms with E-state index in [1.807, 2.05) is 0 Å². The van der Waals surface area contributed by atoms with Crippen molar-refractivity contribution in [2.24, 2.45) is 28.6 Å². The van der Waals surface area contributed by atoms with E-state index in [1.165, 1.54) is 5.57 Å². The molecule has 0 radical (unpaired) electrons. The minimum atomic E-state index is -0.521. The van der Waals surface area contributed by atoms with Gasteiger partial charge in [0.15, 0.2) is 11.6 Å². The molecule has 3 saturated carbocycles. The number of allylic oxidation sites excluding steroid dienone is 1. The van der Waals surface area contributed by atoms with Crippen molar-refractivity contribution >= 4 is 28.4 Å². The van der Waals surface area contributed by atoms with Crippen LogP contribution < -0.4 is 0 Å². The standard InChI is InChI=1S/C23H31IO5/c1-20-13-18(25)19-16(17(20)4-5-23(20)28-10-11-29-23)3-2-15-12-22(26-8-9-27-22)7-6-21(15,19)14-24/h12,16-17,19H,2-11,13-14H2,1H3/t16-,17-,19+,20-,21+/m0/s1. The molecular weight excluding hydrogens is 483 g/mol. The summed E-state index contributed by atoms with van der Waals surface area (Å²) in [5, 5.41) is 0. The monoisotopic (exact) mass is 514 g/mol. The lowest BCUT2D eigenvalue weighted by molar-refractivity contribution is -0.239. The third kappa shape index (κ3) is 2.44. The lowest BCUT2D eigenvalue weighted by atomic mass is 9.46. The Morgan fingerprint density at radius 2 is 1.76 bits per heavy atom. The van der Waals surface area contributed by atoms with Crippen molar-refractivity contribution in [1.29, 1.82) is 0 Å². The molecule has 2 spiro atoms. The highest BCUT2D eigenvalue weighted by Gasteiger charge is 2.69. The van der Waals surface area contributed by atoms with Crippen LogP contribution in [0.15, 0.2) is 11.6 Å². The number of hydrogen-bond donors (Lipinski definition) is 0. The van der Waals surface area contributed by atoms with Gasteiger partial charge in [-0.3, -0.25) is 4.79 Å². The van der Waals surface area contributed by atoms with Crippen LogP contribution in [0.5, 0.6) is 0 Å². The lowest BCUT2D eigenvalue weighted by Crippen LogP contribution is -2.60. The van der Waals surface area contributed by atoms with Crippen LogP contribution in [0.3, 0.4) is 0 Å². The first kappa shape index (κ1) is 19.6. The molecule has 0 amide bonds. The van der Waals surface area contributed by atoms with Crippen LogP contribution in [-0.2, 0) is 23.7 Å². The van der Waals surface area contributed by atoms with Gasteiger partial charge in [0.2, 0.25) is 0 Å². The second kappa shape index (κ2) is 6.50. The summed E-state index contributed by atoms with van der Waals surface area (Å²) >= 11 is 2.53. The minimum absolute atomic E-state index is 0.0183. The molecule has 2 heterocycles. The van der Waals surface area contributed by atoms with Crippen molar-refractivity contribution in [2.45, 2.75) is 63.4 Å². The Kier molecular flexibility index (Phi) is 4.40. The number of carbonyl (C=O) groups excluding carboxylic acids is 1. The first-order valence-corrected chi connectivity index (χ1v) is 12.9. The summed E-state index contributed by atoms with van der Waals surface area (Å²) in [5.74, 6) is 0.494. The summed E-state index contributed by atoms with van der Waals surface area (Å²) in [4.78, 5) is 13.8. The van der Waals surface area contributed by atoms with E-state index in [0.717, 1.165) is 43.0 Å². The molecule has 4 aliphatic carbocycles. The maximum Gasteiger partial charge on any atom is 0.188 e. The SMILES string of the molecule is C[C@]12CC(=O)[C@H]3[C@@H](CCC4=CC5(CC[C@@]43CI)OCCO5)[C@@H]1CCC21OCCO1. The molecule has 0 aromatic heterocycles. The van der Waals surface area contributed by atoms with Gasteiger partial charge in [-0.25, -0.2) is 0 Å². The number of halogens is 1. The summed E-state index contributed by atoms with van der Waals surface area (Å²) in [6.07, 6.45) is 8.96. The van der Waals surface area contributed by atoms with Crippen molar-refractivity contribution in [3.8, 4) is 0 Å². The first-order valence-electron chi connectivity index (χ1n) is 11.3. The molecule has 2 aliphatic heterocycles. The van der Waals surface area contributed by atoms with Crippen molar-refractivity contribution in [2.75, 3.05) is 30.9 Å². The number of Topliss-reactive ketones (excluding diaryl/α,β-unsaturated/α-hetero) is 1. The van der Waals surface area contributed by atoms with E-state index in [4.69, 9.17) is 18.9 Å². The third-order valence-electron chi connectivity index (χ3n) is 9.37. The zero-order valence-electron chi connectivity index (χ0n) is 17.2. The maximum atomic E-state index is 13.8. The Labute approximate surface area is 186 Å². The number of carbonyl (C=O) groups is 1. The Balaban J connectivity index is 1.39. The summed E-state index contributed by atoms with van der Waals surface area (Å²) in [5.41, 5.74) is 1.23. The Morgan fingerprint density at radius 1 is 1.03 bits per heavy atom. The smallest absolute Gasteiger partial charge is 0.188 e. The van der Waals surface area contributed by atoms with E-state index in [-0.39, 0.29) is 16.7 Å². The number of fused-ring (bicyclic) bond motifs is 6. The Hall–Kier alpha value is -0.0200. The normalized spacial score (nSPS) is 47.2. The lowest BCUT2D eigenvalue weighted by Gasteiger charge is -2.59. The summed E-state index contributed by atoms with van der Waals surface area (Å²) in [6, 6.07) is 0. The van der Waals surface area contributed by atoms with Crippen LogP contribution in [0.1, 0.15) is 51.9 Å². The molecule has 5 fully saturated rings. The van der Waals surface area contributed by atoms with E-state index in [2.05, 4.69) is 35.6 Å². The topological polar surface area (TPSA) is 54.0 Å². The molecule has 6 heteroatoms. The van der Waals surface area contributed by atoms with Crippen LogP contribution in [-0.4, -0.2) is 48.2 Å². The molecule has 5 nitrogen and oxygen atoms in total. The van der Waals surface area contributed by atoms with E-state index in [1.54, 1.807) is 0 Å². The second-order valence-electron chi connectivity index (χ2n) is 10.3. The molecule has 0 aromatic carbocycles. The predicted molar refractivity (Wildman–Crippen MR) is 115 cm³/mol. The molecule has 0 bridgehead atoms. The molecule has 0 unspecified atom stereocenters. The van der Waals surface area contributed by atoms with Gasteiger partial charge in [0.1, 0.15) is 5.78 Å². The molecule has 6 aliphatic rings. The fourth-order valence-corrected chi connectivity index (χ4v) is 9.46. The molecule has 160 valence electrons. The van der Waals surface area contributed by atoms with Gasteiger partial charge in [-0.05, 0) is 43.6 Å². The minimum Gasteiger partial charge on any atom is -0.347 e. The van der Waals surface area contributed by atoms with Crippen molar-refractivity contribution in [1.82, 2.24) is 0 Å². The average Bonchev–Trinajstić information content (AvgIpc) is 3.43. The highest BCUT2D eigenvalue weighted by Crippen LogP contribution is 2.68. The van der Waals surface area contributed by atoms with Gasteiger partial charge in [-0.15, -0.1) is 0 Å². The first-order chi connectivity index (χ1) is 14.0. The number of alkyl halides is 1. The predicted octanol–water partition coefficient (Wildman–Crippen LogP) is 4.03. The highest BCUT2D eigenvalue weighted by molar-refractivity contribution is 14.1. The van der Waals surface area contributed by atoms with Crippen LogP contribution in [0, 0.1) is 28.6 Å². The van der Waals surface area contributed by atoms with Crippen LogP contribution in [0.2, 0.25) is 0 Å². The van der Waals surface area contributed by atoms with Crippen molar-refractivity contribution < 1.29 is 23.7 Å². The van der Waals surface area contributed by atoms with Gasteiger partial charge in [-0.1, -0.05) is 35.1 Å². The highest BCUT2D eigenvalue weighted by atomic mass is 127. The van der Waals surface area contributed by atoms with Crippen LogP contribution >= 0.6 is 22.6 Å². The maximum absolute atomic E-state index is 13.8. The van der Waals surface area contributed by atoms with Gasteiger partial charge in [-0.2, -0.15) is 0 Å². The number of ketones is 1. The molecule has 5 atom stereocenters. The number of hydrogen-bond acceptors (Lipinski definition) is 5. The number of ether oxygens (including phenoxy) is 4. The van der Waals surface area contributed by atoms with E-state index in [9.17, 15) is 4.79 Å².